The van der Waals surface area contributed by atoms with Crippen molar-refractivity contribution in [1.29, 1.82) is 0 Å². The van der Waals surface area contributed by atoms with Gasteiger partial charge in [-0.3, -0.25) is 0 Å². The lowest BCUT2D eigenvalue weighted by atomic mass is 10.1. The smallest absolute Gasteiger partial charge is 0.223 e. The fourth-order valence-electron chi connectivity index (χ4n) is 2.25. The van der Waals surface area contributed by atoms with Crippen LogP contribution >= 0.6 is 0 Å². The van der Waals surface area contributed by atoms with Crippen LogP contribution in [0.4, 0.5) is 5.95 Å². The van der Waals surface area contributed by atoms with Crippen molar-refractivity contribution in [2.75, 3.05) is 18.5 Å². The van der Waals surface area contributed by atoms with Crippen LogP contribution in [-0.4, -0.2) is 33.9 Å². The van der Waals surface area contributed by atoms with Gasteiger partial charge in [0.15, 0.2) is 5.82 Å². The fraction of sp³-hybridized carbons (Fsp3) is 0.818. The molecule has 2 aliphatic rings. The number of aryl methyl sites for hydroxylation is 2. The summed E-state index contributed by atoms with van der Waals surface area (Å²) >= 11 is 0. The number of nitrogens with two attached hydrogens (primary N) is 1. The molecule has 1 fully saturated rings. The fourth-order valence-corrected chi connectivity index (χ4v) is 2.25. The second-order valence-corrected chi connectivity index (χ2v) is 5.19. The number of nitrogens with zero attached hydrogens (tertiary/aromatic N) is 4. The maximum Gasteiger partial charge on any atom is 0.223 e. The highest BCUT2D eigenvalue weighted by Gasteiger charge is 2.37. The molecule has 0 aromatic carbocycles. The van der Waals surface area contributed by atoms with Crippen molar-refractivity contribution in [1.82, 2.24) is 14.8 Å². The molecule has 0 unspecified atom stereocenters. The van der Waals surface area contributed by atoms with Gasteiger partial charge in [-0.2, -0.15) is 10.1 Å². The van der Waals surface area contributed by atoms with Gasteiger partial charge in [0.25, 0.3) is 0 Å². The highest BCUT2D eigenvalue weighted by Crippen LogP contribution is 2.36. The highest BCUT2D eigenvalue weighted by atomic mass is 15.4. The first-order valence-electron chi connectivity index (χ1n) is 6.10. The second-order valence-electron chi connectivity index (χ2n) is 5.19. The predicted octanol–water partition coefficient (Wildman–Crippen LogP) is 0.542. The Balaban J connectivity index is 1.71. The predicted molar refractivity (Wildman–Crippen MR) is 62.4 cm³/mol. The second kappa shape index (κ2) is 3.45. The Labute approximate surface area is 95.6 Å². The van der Waals surface area contributed by atoms with Crippen molar-refractivity contribution in [3.05, 3.63) is 5.82 Å². The van der Waals surface area contributed by atoms with Gasteiger partial charge in [-0.15, -0.1) is 0 Å². The molecule has 0 bridgehead atoms. The molecule has 16 heavy (non-hydrogen) atoms. The zero-order chi connectivity index (χ0) is 11.2. The largest absolute Gasteiger partial charge is 0.344 e. The van der Waals surface area contributed by atoms with Crippen molar-refractivity contribution >= 4 is 5.95 Å². The normalized spacial score (nSPS) is 22.0. The van der Waals surface area contributed by atoms with Crippen LogP contribution in [0.2, 0.25) is 0 Å². The van der Waals surface area contributed by atoms with Crippen molar-refractivity contribution in [3.63, 3.8) is 0 Å². The van der Waals surface area contributed by atoms with Gasteiger partial charge < -0.3 is 10.6 Å². The van der Waals surface area contributed by atoms with Crippen LogP contribution in [0.3, 0.4) is 0 Å². The molecule has 1 saturated carbocycles. The quantitative estimate of drug-likeness (QED) is 0.809. The molecule has 2 heterocycles. The Morgan fingerprint density at radius 1 is 1.38 bits per heavy atom. The summed E-state index contributed by atoms with van der Waals surface area (Å²) in [6.07, 6.45) is 5.44. The Morgan fingerprint density at radius 2 is 2.19 bits per heavy atom. The summed E-state index contributed by atoms with van der Waals surface area (Å²) in [5.74, 6) is 1.98. The minimum atomic E-state index is 0.109. The number of hydrogen-bond acceptors (Lipinski definition) is 4. The van der Waals surface area contributed by atoms with E-state index in [2.05, 4.69) is 22.0 Å². The molecule has 3 rings (SSSR count). The molecule has 1 aliphatic heterocycles. The van der Waals surface area contributed by atoms with Crippen LogP contribution in [0.1, 0.15) is 31.5 Å². The highest BCUT2D eigenvalue weighted by molar-refractivity contribution is 5.30. The number of fused-ring (bicyclic) bond motifs is 1. The van der Waals surface area contributed by atoms with Crippen molar-refractivity contribution in [3.8, 4) is 0 Å². The zero-order valence-electron chi connectivity index (χ0n) is 9.82. The molecular weight excluding hydrogens is 202 g/mol. The molecule has 1 aromatic heterocycles. The van der Waals surface area contributed by atoms with E-state index < -0.39 is 0 Å². The van der Waals surface area contributed by atoms with E-state index in [9.17, 15) is 0 Å². The van der Waals surface area contributed by atoms with Gasteiger partial charge >= 0.3 is 0 Å². The van der Waals surface area contributed by atoms with Crippen molar-refractivity contribution in [2.24, 2.45) is 5.73 Å². The topological polar surface area (TPSA) is 60.0 Å². The Bertz CT molecular complexity index is 393. The molecule has 5 heteroatoms. The summed E-state index contributed by atoms with van der Waals surface area (Å²) in [6.45, 7) is 2.08. The maximum atomic E-state index is 6.07. The SMILES string of the molecule is CN1CCCn2nc(CCC3(N)CC3)nc21. The van der Waals surface area contributed by atoms with Crippen LogP contribution in [0.5, 0.6) is 0 Å². The molecule has 0 radical (unpaired) electrons. The van der Waals surface area contributed by atoms with Gasteiger partial charge in [0.1, 0.15) is 0 Å². The molecule has 2 N–H and O–H groups in total. The Hall–Kier alpha value is -1.10. The monoisotopic (exact) mass is 221 g/mol. The van der Waals surface area contributed by atoms with E-state index in [1.807, 2.05) is 4.68 Å². The third-order valence-electron chi connectivity index (χ3n) is 3.64. The molecule has 1 aliphatic carbocycles. The van der Waals surface area contributed by atoms with E-state index in [1.165, 1.54) is 12.8 Å². The van der Waals surface area contributed by atoms with Gasteiger partial charge in [-0.05, 0) is 25.7 Å². The van der Waals surface area contributed by atoms with E-state index in [0.717, 1.165) is 44.1 Å². The summed E-state index contributed by atoms with van der Waals surface area (Å²) < 4.78 is 2.02. The van der Waals surface area contributed by atoms with E-state index in [4.69, 9.17) is 5.73 Å². The van der Waals surface area contributed by atoms with E-state index in [-0.39, 0.29) is 5.54 Å². The number of aromatic nitrogens is 3. The van der Waals surface area contributed by atoms with E-state index in [0.29, 0.717) is 0 Å². The van der Waals surface area contributed by atoms with Gasteiger partial charge in [0, 0.05) is 32.1 Å². The van der Waals surface area contributed by atoms with Crippen LogP contribution < -0.4 is 10.6 Å². The van der Waals surface area contributed by atoms with E-state index >= 15 is 0 Å². The molecule has 1 aromatic rings. The molecule has 0 amide bonds. The first kappa shape index (κ1) is 10.1. The minimum absolute atomic E-state index is 0.109. The van der Waals surface area contributed by atoms with Gasteiger partial charge in [0.05, 0.1) is 0 Å². The lowest BCUT2D eigenvalue weighted by molar-refractivity contribution is 0.523. The number of hydrogen-bond donors (Lipinski definition) is 1. The molecule has 0 atom stereocenters. The summed E-state index contributed by atoms with van der Waals surface area (Å²) in [4.78, 5) is 6.76. The first-order valence-corrected chi connectivity index (χ1v) is 6.10. The molecule has 0 saturated heterocycles. The number of anilines is 1. The Morgan fingerprint density at radius 3 is 2.88 bits per heavy atom. The maximum absolute atomic E-state index is 6.07. The average molecular weight is 221 g/mol. The third-order valence-corrected chi connectivity index (χ3v) is 3.64. The van der Waals surface area contributed by atoms with Crippen LogP contribution in [0, 0.1) is 0 Å². The Kier molecular flexibility index (Phi) is 2.17. The minimum Gasteiger partial charge on any atom is -0.344 e. The lowest BCUT2D eigenvalue weighted by Gasteiger charge is -2.22. The van der Waals surface area contributed by atoms with Crippen LogP contribution in [-0.2, 0) is 13.0 Å². The van der Waals surface area contributed by atoms with Gasteiger partial charge in [-0.25, -0.2) is 4.68 Å². The molecular formula is C11H19N5. The molecule has 0 spiro atoms. The summed E-state index contributed by atoms with van der Waals surface area (Å²) in [5.41, 5.74) is 6.18. The first-order chi connectivity index (χ1) is 7.66. The van der Waals surface area contributed by atoms with Crippen LogP contribution in [0.15, 0.2) is 0 Å². The average Bonchev–Trinajstić information content (AvgIpc) is 2.84. The standard InChI is InChI=1S/C11H19N5/c1-15-7-2-8-16-10(15)13-9(14-16)3-4-11(12)5-6-11/h2-8,12H2,1H3. The van der Waals surface area contributed by atoms with Crippen LogP contribution in [0.25, 0.3) is 0 Å². The van der Waals surface area contributed by atoms with Gasteiger partial charge in [-0.1, -0.05) is 0 Å². The van der Waals surface area contributed by atoms with Crippen molar-refractivity contribution in [2.45, 2.75) is 44.2 Å². The third kappa shape index (κ3) is 1.80. The summed E-state index contributed by atoms with van der Waals surface area (Å²) in [5, 5.41) is 4.54. The summed E-state index contributed by atoms with van der Waals surface area (Å²) in [7, 11) is 2.08. The lowest BCUT2D eigenvalue weighted by Crippen LogP contribution is -2.28. The van der Waals surface area contributed by atoms with Gasteiger partial charge in [0.2, 0.25) is 5.95 Å². The molecule has 88 valence electrons. The van der Waals surface area contributed by atoms with Crippen molar-refractivity contribution < 1.29 is 0 Å². The summed E-state index contributed by atoms with van der Waals surface area (Å²) in [6, 6.07) is 0. The zero-order valence-corrected chi connectivity index (χ0v) is 9.82. The van der Waals surface area contributed by atoms with E-state index in [1.54, 1.807) is 0 Å². The molecule has 5 nitrogen and oxygen atoms in total. The number of rotatable bonds is 3.